The van der Waals surface area contributed by atoms with Crippen molar-refractivity contribution in [1.29, 1.82) is 0 Å². The van der Waals surface area contributed by atoms with Crippen LogP contribution in [0.3, 0.4) is 0 Å². The van der Waals surface area contributed by atoms with E-state index in [9.17, 15) is 14.0 Å². The Balaban J connectivity index is 1.34. The van der Waals surface area contributed by atoms with E-state index in [1.165, 1.54) is 65.5 Å². The molecule has 1 aliphatic heterocycles. The fraction of sp³-hybridized carbons (Fsp3) is 0.219. The van der Waals surface area contributed by atoms with Crippen molar-refractivity contribution in [3.8, 4) is 29.0 Å². The average molecular weight is 585 g/mol. The van der Waals surface area contributed by atoms with Crippen molar-refractivity contribution in [2.75, 3.05) is 37.2 Å². The van der Waals surface area contributed by atoms with Gasteiger partial charge in [-0.1, -0.05) is 11.8 Å². The Bertz CT molecular complexity index is 1770. The number of amides is 1. The number of hydrogen-bond acceptors (Lipinski definition) is 7. The largest absolute Gasteiger partial charge is 0.453 e. The number of rotatable bonds is 6. The molecule has 43 heavy (non-hydrogen) atoms. The summed E-state index contributed by atoms with van der Waals surface area (Å²) < 4.78 is 35.5. The van der Waals surface area contributed by atoms with Crippen LogP contribution in [-0.2, 0) is 0 Å². The molecule has 0 saturated carbocycles. The molecule has 3 heterocycles. The van der Waals surface area contributed by atoms with Crippen molar-refractivity contribution < 1.29 is 18.3 Å². The number of carbonyl (C=O) groups is 1. The number of anilines is 2. The summed E-state index contributed by atoms with van der Waals surface area (Å²) in [4.78, 5) is 32.3. The molecule has 2 aromatic heterocycles. The summed E-state index contributed by atoms with van der Waals surface area (Å²) in [6.07, 6.45) is 2.91. The lowest BCUT2D eigenvalue weighted by Gasteiger charge is -2.37. The van der Waals surface area contributed by atoms with Gasteiger partial charge in [0.1, 0.15) is 28.5 Å². The van der Waals surface area contributed by atoms with E-state index >= 15 is 4.39 Å². The lowest BCUT2D eigenvalue weighted by atomic mass is 10.0. The summed E-state index contributed by atoms with van der Waals surface area (Å²) >= 11 is 0. The van der Waals surface area contributed by atoms with Gasteiger partial charge >= 0.3 is 0 Å². The van der Waals surface area contributed by atoms with Crippen LogP contribution in [0.1, 0.15) is 29.8 Å². The van der Waals surface area contributed by atoms with Crippen molar-refractivity contribution in [2.24, 2.45) is 0 Å². The predicted octanol–water partition coefficient (Wildman–Crippen LogP) is 4.17. The van der Waals surface area contributed by atoms with Gasteiger partial charge < -0.3 is 21.1 Å². The summed E-state index contributed by atoms with van der Waals surface area (Å²) in [7, 11) is 0. The third-order valence-electron chi connectivity index (χ3n) is 7.05. The first-order valence-corrected chi connectivity index (χ1v) is 13.6. The second-order valence-electron chi connectivity index (χ2n) is 10.4. The van der Waals surface area contributed by atoms with Crippen LogP contribution >= 0.6 is 0 Å². The Morgan fingerprint density at radius 2 is 1.81 bits per heavy atom. The number of pyridine rings is 2. The number of nitrogens with one attached hydrogen (secondary N) is 2. The number of hydrogen-bond donors (Lipinski definition) is 3. The molecule has 1 aliphatic rings. The highest BCUT2D eigenvalue weighted by molar-refractivity contribution is 6.04. The molecule has 0 unspecified atom stereocenters. The number of nitrogens with zero attached hydrogens (tertiary/aromatic N) is 3. The molecule has 9 nitrogen and oxygen atoms in total. The van der Waals surface area contributed by atoms with Crippen LogP contribution in [0.4, 0.5) is 20.3 Å². The lowest BCUT2D eigenvalue weighted by molar-refractivity contribution is 0.102. The second-order valence-corrected chi connectivity index (χ2v) is 10.4. The van der Waals surface area contributed by atoms with Gasteiger partial charge in [0, 0.05) is 62.1 Å². The quantitative estimate of drug-likeness (QED) is 0.292. The van der Waals surface area contributed by atoms with Gasteiger partial charge in [0.2, 0.25) is 0 Å². The van der Waals surface area contributed by atoms with Gasteiger partial charge in [-0.05, 0) is 62.4 Å². The maximum absolute atomic E-state index is 15.2. The van der Waals surface area contributed by atoms with Crippen LogP contribution in [0.25, 0.3) is 5.69 Å². The zero-order valence-electron chi connectivity index (χ0n) is 23.7. The van der Waals surface area contributed by atoms with Crippen molar-refractivity contribution in [3.63, 3.8) is 0 Å². The second kappa shape index (κ2) is 12.4. The maximum atomic E-state index is 15.2. The normalized spacial score (nSPS) is 13.6. The number of carbonyl (C=O) groups excluding carboxylic acids is 1. The summed E-state index contributed by atoms with van der Waals surface area (Å²) in [5.74, 6) is 4.66. The Morgan fingerprint density at radius 3 is 2.53 bits per heavy atom. The molecule has 1 fully saturated rings. The number of nitrogens with two attached hydrogens (primary N) is 1. The Labute approximate surface area is 247 Å². The minimum absolute atomic E-state index is 0.110. The van der Waals surface area contributed by atoms with Crippen molar-refractivity contribution >= 4 is 17.4 Å². The highest BCUT2D eigenvalue weighted by Gasteiger charge is 2.26. The molecule has 4 N–H and O–H groups in total. The van der Waals surface area contributed by atoms with Crippen LogP contribution in [0.2, 0.25) is 0 Å². The molecule has 11 heteroatoms. The van der Waals surface area contributed by atoms with E-state index in [1.807, 2.05) is 13.8 Å². The number of benzene rings is 2. The molecular weight excluding hydrogens is 554 g/mol. The van der Waals surface area contributed by atoms with Crippen LogP contribution in [-0.4, -0.2) is 52.1 Å². The Morgan fingerprint density at radius 1 is 1.07 bits per heavy atom. The lowest BCUT2D eigenvalue weighted by Crippen LogP contribution is -2.52. The van der Waals surface area contributed by atoms with E-state index < -0.39 is 28.6 Å². The van der Waals surface area contributed by atoms with Crippen LogP contribution in [0, 0.1) is 23.5 Å². The Hall–Kier alpha value is -5.05. The molecule has 0 spiro atoms. The number of nitrogen functional groups attached to an aromatic ring is 1. The minimum Gasteiger partial charge on any atom is -0.453 e. The summed E-state index contributed by atoms with van der Waals surface area (Å²) in [6.45, 7) is 7.52. The Kier molecular flexibility index (Phi) is 8.52. The maximum Gasteiger partial charge on any atom is 0.267 e. The van der Waals surface area contributed by atoms with E-state index in [1.54, 1.807) is 6.07 Å². The molecule has 0 bridgehead atoms. The SMILES string of the molecule is CC(C)(C#Cc1c(Oc2ccc(NC(=O)c3cccn(-c4ccc(F)cc4)c3=O)cc2F)ccnc1N)N1CCNCC1. The van der Waals surface area contributed by atoms with Crippen LogP contribution in [0.5, 0.6) is 11.5 Å². The molecule has 1 saturated heterocycles. The van der Waals surface area contributed by atoms with E-state index in [2.05, 4.69) is 32.4 Å². The number of piperazine rings is 1. The number of halogens is 2. The number of ether oxygens (including phenoxy) is 1. The van der Waals surface area contributed by atoms with E-state index in [4.69, 9.17) is 10.5 Å². The molecule has 4 aromatic rings. The summed E-state index contributed by atoms with van der Waals surface area (Å²) in [5, 5.41) is 5.86. The zero-order chi connectivity index (χ0) is 30.6. The van der Waals surface area contributed by atoms with Gasteiger partial charge in [0.05, 0.1) is 5.54 Å². The fourth-order valence-corrected chi connectivity index (χ4v) is 4.64. The molecule has 0 radical (unpaired) electrons. The molecule has 2 aromatic carbocycles. The standard InChI is InChI=1S/C32H30F2N6O3/c1-32(2,39-18-15-36-16-19-39)13-11-24-27(12-14-37-29(24)35)43-28-10-7-22(20-26(28)34)38-30(41)25-4-3-17-40(31(25)42)23-8-5-21(33)6-9-23/h3-10,12,14,17,20,36H,15-16,18-19H2,1-2H3,(H2,35,37)(H,38,41). The summed E-state index contributed by atoms with van der Waals surface area (Å²) in [6, 6.07) is 13.6. The van der Waals surface area contributed by atoms with Gasteiger partial charge in [-0.15, -0.1) is 0 Å². The first-order valence-electron chi connectivity index (χ1n) is 13.6. The van der Waals surface area contributed by atoms with Crippen molar-refractivity contribution in [1.82, 2.24) is 19.8 Å². The smallest absolute Gasteiger partial charge is 0.267 e. The third kappa shape index (κ3) is 6.72. The van der Waals surface area contributed by atoms with Crippen molar-refractivity contribution in [2.45, 2.75) is 19.4 Å². The first-order chi connectivity index (χ1) is 20.6. The zero-order valence-corrected chi connectivity index (χ0v) is 23.7. The monoisotopic (exact) mass is 584 g/mol. The fourth-order valence-electron chi connectivity index (χ4n) is 4.64. The molecule has 5 rings (SSSR count). The molecule has 1 amide bonds. The van der Waals surface area contributed by atoms with Gasteiger partial charge in [-0.2, -0.15) is 0 Å². The summed E-state index contributed by atoms with van der Waals surface area (Å²) in [5.41, 5.74) is 5.73. The average Bonchev–Trinajstić information content (AvgIpc) is 2.99. The van der Waals surface area contributed by atoms with E-state index in [0.717, 1.165) is 32.2 Å². The first kappa shape index (κ1) is 29.4. The minimum atomic E-state index is -0.759. The molecule has 0 aliphatic carbocycles. The van der Waals surface area contributed by atoms with Gasteiger partial charge in [0.25, 0.3) is 11.5 Å². The molecule has 220 valence electrons. The van der Waals surface area contributed by atoms with Gasteiger partial charge in [0.15, 0.2) is 11.6 Å². The van der Waals surface area contributed by atoms with Crippen molar-refractivity contribution in [3.05, 3.63) is 106 Å². The highest BCUT2D eigenvalue weighted by Crippen LogP contribution is 2.31. The van der Waals surface area contributed by atoms with E-state index in [0.29, 0.717) is 11.3 Å². The molecular formula is C32H30F2N6O3. The predicted molar refractivity (Wildman–Crippen MR) is 160 cm³/mol. The van der Waals surface area contributed by atoms with Gasteiger partial charge in [-0.3, -0.25) is 19.1 Å². The van der Waals surface area contributed by atoms with Gasteiger partial charge in [-0.25, -0.2) is 13.8 Å². The topological polar surface area (TPSA) is 115 Å². The third-order valence-corrected chi connectivity index (χ3v) is 7.05. The highest BCUT2D eigenvalue weighted by atomic mass is 19.1. The number of aromatic nitrogens is 2. The van der Waals surface area contributed by atoms with E-state index in [-0.39, 0.29) is 28.6 Å². The molecule has 0 atom stereocenters. The van der Waals surface area contributed by atoms with Crippen LogP contribution in [0.15, 0.2) is 77.9 Å². The van der Waals surface area contributed by atoms with Crippen LogP contribution < -0.4 is 26.7 Å².